The lowest BCUT2D eigenvalue weighted by atomic mass is 10.1. The molecule has 1 unspecified atom stereocenters. The van der Waals surface area contributed by atoms with E-state index in [1.54, 1.807) is 6.07 Å². The Hall–Kier alpha value is -2.45. The fourth-order valence-electron chi connectivity index (χ4n) is 3.93. The summed E-state index contributed by atoms with van der Waals surface area (Å²) in [5.41, 5.74) is 0.0466. The van der Waals surface area contributed by atoms with Crippen molar-refractivity contribution in [3.63, 3.8) is 0 Å². The van der Waals surface area contributed by atoms with Gasteiger partial charge in [-0.15, -0.1) is 0 Å². The highest BCUT2D eigenvalue weighted by atomic mass is 19.1. The van der Waals surface area contributed by atoms with Crippen LogP contribution >= 0.6 is 0 Å². The van der Waals surface area contributed by atoms with Crippen LogP contribution in [0.3, 0.4) is 0 Å². The Morgan fingerprint density at radius 3 is 2.50 bits per heavy atom. The molecule has 1 atom stereocenters. The lowest BCUT2D eigenvalue weighted by Gasteiger charge is -2.38. The molecular formula is C20H24FN3O4. The van der Waals surface area contributed by atoms with Crippen LogP contribution in [0.25, 0.3) is 10.9 Å². The molecule has 1 aromatic heterocycles. The van der Waals surface area contributed by atoms with E-state index in [-0.39, 0.29) is 29.6 Å². The van der Waals surface area contributed by atoms with E-state index in [2.05, 4.69) is 4.90 Å². The predicted octanol–water partition coefficient (Wildman–Crippen LogP) is 1.68. The fourth-order valence-corrected chi connectivity index (χ4v) is 3.93. The third-order valence-corrected chi connectivity index (χ3v) is 5.81. The summed E-state index contributed by atoms with van der Waals surface area (Å²) in [6, 6.07) is 3.09. The van der Waals surface area contributed by atoms with E-state index in [4.69, 9.17) is 0 Å². The number of hydrogen-bond donors (Lipinski definition) is 2. The van der Waals surface area contributed by atoms with Gasteiger partial charge in [-0.1, -0.05) is 0 Å². The first-order valence-corrected chi connectivity index (χ1v) is 9.62. The van der Waals surface area contributed by atoms with Crippen LogP contribution in [0.2, 0.25) is 0 Å². The van der Waals surface area contributed by atoms with Gasteiger partial charge in [0.1, 0.15) is 11.4 Å². The Labute approximate surface area is 161 Å². The molecular weight excluding hydrogens is 365 g/mol. The van der Waals surface area contributed by atoms with Crippen LogP contribution in [0.15, 0.2) is 23.1 Å². The Kier molecular flexibility index (Phi) is 4.84. The number of aromatic carboxylic acids is 1. The maximum absolute atomic E-state index is 14.9. The number of nitrogens with zero attached hydrogens (tertiary/aromatic N) is 3. The number of piperazine rings is 1. The first-order chi connectivity index (χ1) is 13.4. The normalized spacial score (nSPS) is 19.2. The molecule has 2 fully saturated rings. The van der Waals surface area contributed by atoms with Crippen LogP contribution in [0, 0.1) is 5.82 Å². The second kappa shape index (κ2) is 7.18. The molecule has 1 aromatic carbocycles. The van der Waals surface area contributed by atoms with Gasteiger partial charge in [-0.3, -0.25) is 9.69 Å². The summed E-state index contributed by atoms with van der Waals surface area (Å²) in [5, 5.41) is 18.8. The molecule has 4 rings (SSSR count). The van der Waals surface area contributed by atoms with Gasteiger partial charge in [-0.25, -0.2) is 9.18 Å². The zero-order chi connectivity index (χ0) is 20.0. The zero-order valence-corrected chi connectivity index (χ0v) is 15.8. The molecule has 7 nitrogen and oxygen atoms in total. The maximum atomic E-state index is 14.9. The van der Waals surface area contributed by atoms with Crippen LogP contribution < -0.4 is 10.3 Å². The smallest absolute Gasteiger partial charge is 0.341 e. The monoisotopic (exact) mass is 389 g/mol. The van der Waals surface area contributed by atoms with Gasteiger partial charge in [0.25, 0.3) is 0 Å². The van der Waals surface area contributed by atoms with Crippen molar-refractivity contribution < 1.29 is 19.4 Å². The highest BCUT2D eigenvalue weighted by Gasteiger charge is 2.28. The topological polar surface area (TPSA) is 86.0 Å². The van der Waals surface area contributed by atoms with Crippen molar-refractivity contribution in [1.82, 2.24) is 9.47 Å². The Morgan fingerprint density at radius 2 is 1.93 bits per heavy atom. The number of fused-ring (bicyclic) bond motifs is 1. The van der Waals surface area contributed by atoms with Crippen LogP contribution in [0.1, 0.15) is 36.2 Å². The number of pyridine rings is 1. The average molecular weight is 389 g/mol. The zero-order valence-electron chi connectivity index (χ0n) is 15.8. The number of anilines is 1. The number of aliphatic hydroxyl groups is 1. The molecule has 2 aliphatic rings. The predicted molar refractivity (Wildman–Crippen MR) is 104 cm³/mol. The SMILES string of the molecule is CC(CO)N1CCN(c2cc3c(cc2F)c(=O)c(C(=O)O)cn3C2CC2)CC1. The van der Waals surface area contributed by atoms with E-state index in [9.17, 15) is 24.2 Å². The molecule has 1 saturated heterocycles. The van der Waals surface area contributed by atoms with E-state index >= 15 is 0 Å². The van der Waals surface area contributed by atoms with Crippen LogP contribution in [-0.2, 0) is 0 Å². The van der Waals surface area contributed by atoms with Gasteiger partial charge < -0.3 is 19.7 Å². The number of carboxylic acid groups (broad SMARTS) is 1. The molecule has 8 heteroatoms. The van der Waals surface area contributed by atoms with Gasteiger partial charge in [-0.05, 0) is 31.9 Å². The molecule has 0 bridgehead atoms. The van der Waals surface area contributed by atoms with Crippen molar-refractivity contribution in [3.8, 4) is 0 Å². The van der Waals surface area contributed by atoms with E-state index < -0.39 is 17.2 Å². The molecule has 0 spiro atoms. The largest absolute Gasteiger partial charge is 0.477 e. The summed E-state index contributed by atoms with van der Waals surface area (Å²) in [5.74, 6) is -1.81. The Bertz CT molecular complexity index is 978. The lowest BCUT2D eigenvalue weighted by molar-refractivity contribution is 0.0695. The van der Waals surface area contributed by atoms with Gasteiger partial charge in [-0.2, -0.15) is 0 Å². The molecule has 2 aromatic rings. The first-order valence-electron chi connectivity index (χ1n) is 9.62. The maximum Gasteiger partial charge on any atom is 0.341 e. The van der Waals surface area contributed by atoms with E-state index in [1.165, 1.54) is 12.3 Å². The van der Waals surface area contributed by atoms with Crippen LogP contribution in [-0.4, -0.2) is 64.5 Å². The standard InChI is InChI=1S/C20H24FN3O4/c1-12(11-25)22-4-6-23(7-5-22)18-9-17-14(8-16(18)21)19(26)15(20(27)28)10-24(17)13-2-3-13/h8-10,12-13,25H,2-7,11H2,1H3,(H,27,28). The third-order valence-electron chi connectivity index (χ3n) is 5.81. The molecule has 1 saturated carbocycles. The summed E-state index contributed by atoms with van der Waals surface area (Å²) in [4.78, 5) is 28.1. The number of halogens is 1. The highest BCUT2D eigenvalue weighted by molar-refractivity contribution is 5.93. The van der Waals surface area contributed by atoms with E-state index in [1.807, 2.05) is 16.4 Å². The second-order valence-corrected chi connectivity index (χ2v) is 7.69. The molecule has 2 heterocycles. The van der Waals surface area contributed by atoms with Crippen molar-refractivity contribution in [3.05, 3.63) is 39.9 Å². The molecule has 150 valence electrons. The minimum absolute atomic E-state index is 0.0677. The first kappa shape index (κ1) is 18.9. The van der Waals surface area contributed by atoms with Crippen molar-refractivity contribution in [2.75, 3.05) is 37.7 Å². The number of carboxylic acids is 1. The summed E-state index contributed by atoms with van der Waals surface area (Å²) in [6.07, 6.45) is 3.23. The Morgan fingerprint density at radius 1 is 1.25 bits per heavy atom. The number of hydrogen-bond acceptors (Lipinski definition) is 5. The van der Waals surface area contributed by atoms with Gasteiger partial charge in [0.2, 0.25) is 5.43 Å². The molecule has 1 aliphatic carbocycles. The van der Waals surface area contributed by atoms with E-state index in [0.29, 0.717) is 37.4 Å². The van der Waals surface area contributed by atoms with Gasteiger partial charge in [0.05, 0.1) is 17.8 Å². The lowest BCUT2D eigenvalue weighted by Crippen LogP contribution is -2.50. The molecule has 2 N–H and O–H groups in total. The van der Waals surface area contributed by atoms with Crippen molar-refractivity contribution in [1.29, 1.82) is 0 Å². The third kappa shape index (κ3) is 3.27. The fraction of sp³-hybridized carbons (Fsp3) is 0.500. The molecule has 0 radical (unpaired) electrons. The minimum Gasteiger partial charge on any atom is -0.477 e. The number of benzene rings is 1. The van der Waals surface area contributed by atoms with Gasteiger partial charge in [0, 0.05) is 49.8 Å². The quantitative estimate of drug-likeness (QED) is 0.809. The number of aromatic nitrogens is 1. The molecule has 28 heavy (non-hydrogen) atoms. The van der Waals surface area contributed by atoms with Crippen molar-refractivity contribution >= 4 is 22.6 Å². The van der Waals surface area contributed by atoms with Crippen LogP contribution in [0.5, 0.6) is 0 Å². The van der Waals surface area contributed by atoms with Gasteiger partial charge in [0.15, 0.2) is 0 Å². The average Bonchev–Trinajstić information content (AvgIpc) is 3.52. The van der Waals surface area contributed by atoms with E-state index in [0.717, 1.165) is 12.8 Å². The number of aliphatic hydroxyl groups excluding tert-OH is 1. The summed E-state index contributed by atoms with van der Waals surface area (Å²) >= 11 is 0. The van der Waals surface area contributed by atoms with Crippen molar-refractivity contribution in [2.24, 2.45) is 0 Å². The van der Waals surface area contributed by atoms with Crippen LogP contribution in [0.4, 0.5) is 10.1 Å². The summed E-state index contributed by atoms with van der Waals surface area (Å²) in [7, 11) is 0. The molecule has 1 aliphatic heterocycles. The minimum atomic E-state index is -1.29. The second-order valence-electron chi connectivity index (χ2n) is 7.69. The molecule has 0 amide bonds. The number of carbonyl (C=O) groups is 1. The summed E-state index contributed by atoms with van der Waals surface area (Å²) < 4.78 is 16.7. The van der Waals surface area contributed by atoms with Gasteiger partial charge >= 0.3 is 5.97 Å². The highest BCUT2D eigenvalue weighted by Crippen LogP contribution is 2.38. The van der Waals surface area contributed by atoms with Crippen molar-refractivity contribution in [2.45, 2.75) is 31.8 Å². The number of rotatable bonds is 5. The Balaban J connectivity index is 1.74. The summed E-state index contributed by atoms with van der Waals surface area (Å²) in [6.45, 7) is 4.71.